The monoisotopic (exact) mass is 490 g/mol. The maximum Gasteiger partial charge on any atom is 0.407 e. The lowest BCUT2D eigenvalue weighted by Crippen LogP contribution is -2.51. The van der Waals surface area contributed by atoms with Gasteiger partial charge >= 0.3 is 6.09 Å². The molecule has 0 radical (unpaired) electrons. The Balaban J connectivity index is 2.75. The van der Waals surface area contributed by atoms with E-state index in [4.69, 9.17) is 14.2 Å². The number of amides is 2. The number of hydrogen-bond acceptors (Lipinski definition) is 6. The maximum absolute atomic E-state index is 13.8. The molecule has 2 amide bonds. The van der Waals surface area contributed by atoms with Crippen LogP contribution in [0, 0.1) is 17.5 Å². The first-order chi connectivity index (χ1) is 15.7. The first kappa shape index (κ1) is 29.2. The molecule has 192 valence electrons. The molecule has 8 nitrogen and oxygen atoms in total. The van der Waals surface area contributed by atoms with Crippen molar-refractivity contribution in [2.45, 2.75) is 71.1 Å². The van der Waals surface area contributed by atoms with Gasteiger partial charge in [-0.2, -0.15) is 4.39 Å². The zero-order valence-corrected chi connectivity index (χ0v) is 20.4. The number of halogens is 3. The maximum atomic E-state index is 13.8. The van der Waals surface area contributed by atoms with Gasteiger partial charge in [-0.05, 0) is 66.0 Å². The average molecular weight is 491 g/mol. The normalized spacial score (nSPS) is 12.6. The van der Waals surface area contributed by atoms with E-state index in [0.29, 0.717) is 25.0 Å². The Hall–Kier alpha value is -2.82. The number of hydrogen-bond donors (Lipinski definition) is 2. The van der Waals surface area contributed by atoms with Crippen LogP contribution in [0.25, 0.3) is 0 Å². The van der Waals surface area contributed by atoms with E-state index in [1.807, 2.05) is 0 Å². The number of carbonyl (C=O) groups excluding carboxylic acids is 3. The molecule has 11 heteroatoms. The van der Waals surface area contributed by atoms with Crippen molar-refractivity contribution in [3.63, 3.8) is 0 Å². The third-order valence-corrected chi connectivity index (χ3v) is 4.70. The van der Waals surface area contributed by atoms with E-state index in [0.717, 1.165) is 0 Å². The number of methoxy groups -OCH3 is 1. The first-order valence-electron chi connectivity index (χ1n) is 10.8. The van der Waals surface area contributed by atoms with Crippen LogP contribution in [0.5, 0.6) is 5.75 Å². The van der Waals surface area contributed by atoms with Gasteiger partial charge in [0.25, 0.3) is 5.91 Å². The standard InChI is InChI=1S/C23H33F3N2O6/c1-22(2,3)34-21(31)27-12-8-7-9-16(28-20(30)23(4,5)32-6)17(29)13-33-19-15(25)11-10-14(24)18(19)26/h10-11,16H,7-9,12-13H2,1-6H3,(H,27,31)(H,28,30)/t16-/m0/s1. The highest BCUT2D eigenvalue weighted by atomic mass is 19.2. The second kappa shape index (κ2) is 12.6. The number of ketones is 1. The molecule has 0 unspecified atom stereocenters. The molecular weight excluding hydrogens is 457 g/mol. The van der Waals surface area contributed by atoms with Gasteiger partial charge in [0.15, 0.2) is 23.2 Å². The summed E-state index contributed by atoms with van der Waals surface area (Å²) in [6.07, 6.45) is 0.434. The Morgan fingerprint density at radius 3 is 2.21 bits per heavy atom. The van der Waals surface area contributed by atoms with Gasteiger partial charge in [0.1, 0.15) is 17.8 Å². The highest BCUT2D eigenvalue weighted by Crippen LogP contribution is 2.24. The van der Waals surface area contributed by atoms with Crippen molar-refractivity contribution in [2.24, 2.45) is 0 Å². The van der Waals surface area contributed by atoms with Crippen molar-refractivity contribution in [3.8, 4) is 5.75 Å². The number of alkyl carbamates (subject to hydrolysis) is 1. The van der Waals surface area contributed by atoms with Crippen molar-refractivity contribution < 1.29 is 41.8 Å². The number of nitrogens with one attached hydrogen (secondary N) is 2. The minimum Gasteiger partial charge on any atom is -0.480 e. The van der Waals surface area contributed by atoms with Crippen molar-refractivity contribution in [3.05, 3.63) is 29.6 Å². The lowest BCUT2D eigenvalue weighted by molar-refractivity contribution is -0.142. The zero-order valence-electron chi connectivity index (χ0n) is 20.4. The topological polar surface area (TPSA) is 103 Å². The molecule has 0 aliphatic carbocycles. The summed E-state index contributed by atoms with van der Waals surface area (Å²) in [6.45, 7) is 7.67. The molecule has 1 rings (SSSR count). The van der Waals surface area contributed by atoms with E-state index in [1.54, 1.807) is 20.8 Å². The van der Waals surface area contributed by atoms with Crippen LogP contribution in [0.4, 0.5) is 18.0 Å². The third-order valence-electron chi connectivity index (χ3n) is 4.70. The SMILES string of the molecule is COC(C)(C)C(=O)N[C@@H](CCCCNC(=O)OC(C)(C)C)C(=O)COc1c(F)ccc(F)c1F. The van der Waals surface area contributed by atoms with Crippen LogP contribution in [-0.2, 0) is 19.1 Å². The molecule has 1 aromatic carbocycles. The van der Waals surface area contributed by atoms with Crippen LogP contribution >= 0.6 is 0 Å². The molecule has 0 aliphatic heterocycles. The molecule has 0 spiro atoms. The Labute approximate surface area is 197 Å². The van der Waals surface area contributed by atoms with Crippen molar-refractivity contribution >= 4 is 17.8 Å². The Morgan fingerprint density at radius 2 is 1.62 bits per heavy atom. The molecule has 1 atom stereocenters. The average Bonchev–Trinajstić information content (AvgIpc) is 2.73. The highest BCUT2D eigenvalue weighted by Gasteiger charge is 2.31. The fourth-order valence-electron chi connectivity index (χ4n) is 2.60. The molecule has 0 aliphatic rings. The summed E-state index contributed by atoms with van der Waals surface area (Å²) < 4.78 is 56.1. The molecule has 2 N–H and O–H groups in total. The summed E-state index contributed by atoms with van der Waals surface area (Å²) in [6, 6.07) is 0.208. The molecule has 34 heavy (non-hydrogen) atoms. The predicted octanol–water partition coefficient (Wildman–Crippen LogP) is 3.66. The Bertz CT molecular complexity index is 871. The lowest BCUT2D eigenvalue weighted by atomic mass is 10.0. The molecule has 0 aromatic heterocycles. The fourth-order valence-corrected chi connectivity index (χ4v) is 2.60. The van der Waals surface area contributed by atoms with E-state index in [-0.39, 0.29) is 13.0 Å². The second-order valence-corrected chi connectivity index (χ2v) is 9.09. The fraction of sp³-hybridized carbons (Fsp3) is 0.609. The van der Waals surface area contributed by atoms with Gasteiger partial charge in [0.05, 0.1) is 6.04 Å². The summed E-state index contributed by atoms with van der Waals surface area (Å²) in [5, 5.41) is 5.13. The molecule has 0 bridgehead atoms. The number of rotatable bonds is 12. The quantitative estimate of drug-likeness (QED) is 0.343. The van der Waals surface area contributed by atoms with Crippen LogP contribution in [0.3, 0.4) is 0 Å². The predicted molar refractivity (Wildman–Crippen MR) is 118 cm³/mol. The second-order valence-electron chi connectivity index (χ2n) is 9.09. The molecule has 0 heterocycles. The largest absolute Gasteiger partial charge is 0.480 e. The highest BCUT2D eigenvalue weighted by molar-refractivity contribution is 5.92. The summed E-state index contributed by atoms with van der Waals surface area (Å²) >= 11 is 0. The van der Waals surface area contributed by atoms with Crippen LogP contribution in [0.15, 0.2) is 12.1 Å². The molecular formula is C23H33F3N2O6. The summed E-state index contributed by atoms with van der Waals surface area (Å²) in [4.78, 5) is 36.9. The van der Waals surface area contributed by atoms with Crippen molar-refractivity contribution in [2.75, 3.05) is 20.3 Å². The van der Waals surface area contributed by atoms with Gasteiger partial charge in [0.2, 0.25) is 5.82 Å². The molecule has 0 saturated carbocycles. The number of carbonyl (C=O) groups is 3. The van der Waals surface area contributed by atoms with E-state index in [9.17, 15) is 27.6 Å². The number of benzene rings is 1. The van der Waals surface area contributed by atoms with Crippen molar-refractivity contribution in [1.29, 1.82) is 0 Å². The first-order valence-corrected chi connectivity index (χ1v) is 10.8. The van der Waals surface area contributed by atoms with Crippen LogP contribution in [0.1, 0.15) is 53.9 Å². The Kier molecular flexibility index (Phi) is 10.8. The van der Waals surface area contributed by atoms with E-state index in [1.165, 1.54) is 21.0 Å². The number of ether oxygens (including phenoxy) is 3. The molecule has 0 fully saturated rings. The van der Waals surface area contributed by atoms with Crippen LogP contribution < -0.4 is 15.4 Å². The van der Waals surface area contributed by atoms with Gasteiger partial charge in [-0.25, -0.2) is 13.6 Å². The number of unbranched alkanes of at least 4 members (excludes halogenated alkanes) is 1. The minimum absolute atomic E-state index is 0.151. The van der Waals surface area contributed by atoms with Crippen LogP contribution in [0.2, 0.25) is 0 Å². The van der Waals surface area contributed by atoms with Crippen molar-refractivity contribution in [1.82, 2.24) is 10.6 Å². The zero-order chi connectivity index (χ0) is 26.1. The van der Waals surface area contributed by atoms with Crippen LogP contribution in [-0.4, -0.2) is 55.3 Å². The van der Waals surface area contributed by atoms with E-state index < -0.39 is 64.8 Å². The van der Waals surface area contributed by atoms with Gasteiger partial charge in [-0.15, -0.1) is 0 Å². The smallest absolute Gasteiger partial charge is 0.407 e. The van der Waals surface area contributed by atoms with Gasteiger partial charge < -0.3 is 24.8 Å². The summed E-state index contributed by atoms with van der Waals surface area (Å²) in [7, 11) is 1.33. The van der Waals surface area contributed by atoms with E-state index in [2.05, 4.69) is 10.6 Å². The van der Waals surface area contributed by atoms with E-state index >= 15 is 0 Å². The minimum atomic E-state index is -1.55. The van der Waals surface area contributed by atoms with Gasteiger partial charge in [-0.3, -0.25) is 9.59 Å². The molecule has 0 saturated heterocycles. The number of Topliss-reactive ketones (excluding diaryl/α,β-unsaturated/α-hetero) is 1. The summed E-state index contributed by atoms with van der Waals surface area (Å²) in [5.74, 6) is -6.32. The molecule has 1 aromatic rings. The third kappa shape index (κ3) is 9.58. The Morgan fingerprint density at radius 1 is 1.00 bits per heavy atom. The summed E-state index contributed by atoms with van der Waals surface area (Å²) in [5.41, 5.74) is -1.88. The van der Waals surface area contributed by atoms with Gasteiger partial charge in [-0.1, -0.05) is 0 Å². The lowest BCUT2D eigenvalue weighted by Gasteiger charge is -2.26. The van der Waals surface area contributed by atoms with Gasteiger partial charge in [0, 0.05) is 13.7 Å².